The molecule has 1 fully saturated rings. The molecule has 0 radical (unpaired) electrons. The van der Waals surface area contributed by atoms with Crippen LogP contribution in [0.2, 0.25) is 0 Å². The molecule has 1 aromatic rings. The minimum atomic E-state index is -0.397. The Kier molecular flexibility index (Phi) is 5.31. The van der Waals surface area contributed by atoms with Crippen molar-refractivity contribution in [2.45, 2.75) is 45.1 Å². The van der Waals surface area contributed by atoms with Crippen LogP contribution in [-0.4, -0.2) is 36.8 Å². The third-order valence-corrected chi connectivity index (χ3v) is 3.74. The van der Waals surface area contributed by atoms with Gasteiger partial charge in [-0.25, -0.2) is 9.97 Å². The molecule has 1 aromatic heterocycles. The number of hydrogen-bond acceptors (Lipinski definition) is 5. The molecule has 1 N–H and O–H groups in total. The Bertz CT molecular complexity index is 407. The van der Waals surface area contributed by atoms with E-state index in [1.165, 1.54) is 0 Å². The summed E-state index contributed by atoms with van der Waals surface area (Å²) < 4.78 is 11.3. The highest BCUT2D eigenvalue weighted by atomic mass is 16.5. The lowest BCUT2D eigenvalue weighted by atomic mass is 9.93. The van der Waals surface area contributed by atoms with Crippen molar-refractivity contribution in [1.29, 1.82) is 0 Å². The quantitative estimate of drug-likeness (QED) is 0.867. The second-order valence-electron chi connectivity index (χ2n) is 5.16. The predicted molar refractivity (Wildman–Crippen MR) is 78.9 cm³/mol. The molecule has 20 heavy (non-hydrogen) atoms. The first-order valence-electron chi connectivity index (χ1n) is 7.49. The van der Waals surface area contributed by atoms with Crippen molar-refractivity contribution in [2.24, 2.45) is 0 Å². The summed E-state index contributed by atoms with van der Waals surface area (Å²) in [6.07, 6.45) is 3.66. The van der Waals surface area contributed by atoms with Crippen LogP contribution in [-0.2, 0) is 21.5 Å². The molecule has 1 saturated heterocycles. The van der Waals surface area contributed by atoms with Gasteiger partial charge in [0.1, 0.15) is 11.4 Å². The number of nitrogens with one attached hydrogen (secondary N) is 1. The van der Waals surface area contributed by atoms with E-state index in [4.69, 9.17) is 14.5 Å². The van der Waals surface area contributed by atoms with Gasteiger partial charge in [0.05, 0.1) is 0 Å². The van der Waals surface area contributed by atoms with Crippen LogP contribution in [0.4, 0.5) is 5.82 Å². The second-order valence-corrected chi connectivity index (χ2v) is 5.16. The van der Waals surface area contributed by atoms with Gasteiger partial charge in [-0.2, -0.15) is 0 Å². The van der Waals surface area contributed by atoms with Gasteiger partial charge in [-0.05, 0) is 13.3 Å². The summed E-state index contributed by atoms with van der Waals surface area (Å²) >= 11 is 0. The van der Waals surface area contributed by atoms with E-state index in [1.807, 2.05) is 6.07 Å². The SMILES string of the molecule is CCCc1cc(NCC)nc(C2(OC)CCOCC2)n1. The molecule has 0 bridgehead atoms. The molecule has 0 atom stereocenters. The van der Waals surface area contributed by atoms with E-state index in [2.05, 4.69) is 24.1 Å². The normalized spacial score (nSPS) is 17.9. The molecule has 0 saturated carbocycles. The fourth-order valence-corrected chi connectivity index (χ4v) is 2.58. The zero-order valence-corrected chi connectivity index (χ0v) is 12.7. The van der Waals surface area contributed by atoms with Gasteiger partial charge < -0.3 is 14.8 Å². The number of methoxy groups -OCH3 is 1. The topological polar surface area (TPSA) is 56.3 Å². The molecule has 0 aliphatic carbocycles. The molecule has 2 rings (SSSR count). The van der Waals surface area contributed by atoms with Crippen LogP contribution in [0.15, 0.2) is 6.07 Å². The molecular formula is C15H25N3O2. The highest BCUT2D eigenvalue weighted by molar-refractivity contribution is 5.37. The first kappa shape index (κ1) is 15.2. The van der Waals surface area contributed by atoms with Gasteiger partial charge in [-0.1, -0.05) is 13.3 Å². The average Bonchev–Trinajstić information content (AvgIpc) is 2.48. The molecule has 0 unspecified atom stereocenters. The molecule has 0 amide bonds. The Morgan fingerprint density at radius 3 is 2.65 bits per heavy atom. The van der Waals surface area contributed by atoms with Crippen molar-refractivity contribution in [2.75, 3.05) is 32.2 Å². The van der Waals surface area contributed by atoms with Crippen LogP contribution in [0.5, 0.6) is 0 Å². The first-order chi connectivity index (χ1) is 9.74. The molecule has 0 aromatic carbocycles. The fraction of sp³-hybridized carbons (Fsp3) is 0.733. The summed E-state index contributed by atoms with van der Waals surface area (Å²) in [7, 11) is 1.74. The maximum absolute atomic E-state index is 5.80. The van der Waals surface area contributed by atoms with Gasteiger partial charge in [0.15, 0.2) is 5.82 Å². The monoisotopic (exact) mass is 279 g/mol. The number of anilines is 1. The molecule has 1 aliphatic rings. The lowest BCUT2D eigenvalue weighted by molar-refractivity contribution is -0.1000. The number of hydrogen-bond donors (Lipinski definition) is 1. The zero-order chi connectivity index (χ0) is 14.4. The Labute approximate surface area is 121 Å². The standard InChI is InChI=1S/C15H25N3O2/c1-4-6-12-11-13(16-5-2)18-14(17-12)15(19-3)7-9-20-10-8-15/h11H,4-10H2,1-3H3,(H,16,17,18). The van der Waals surface area contributed by atoms with Crippen LogP contribution in [0.25, 0.3) is 0 Å². The lowest BCUT2D eigenvalue weighted by Gasteiger charge is -2.34. The van der Waals surface area contributed by atoms with Crippen LogP contribution in [0.3, 0.4) is 0 Å². The smallest absolute Gasteiger partial charge is 0.163 e. The third kappa shape index (κ3) is 3.27. The summed E-state index contributed by atoms with van der Waals surface area (Å²) in [6, 6.07) is 2.04. The summed E-state index contributed by atoms with van der Waals surface area (Å²) in [5, 5.41) is 3.29. The lowest BCUT2D eigenvalue weighted by Crippen LogP contribution is -2.37. The van der Waals surface area contributed by atoms with Gasteiger partial charge in [0.25, 0.3) is 0 Å². The highest BCUT2D eigenvalue weighted by Crippen LogP contribution is 2.34. The number of ether oxygens (including phenoxy) is 2. The summed E-state index contributed by atoms with van der Waals surface area (Å²) in [4.78, 5) is 9.41. The van der Waals surface area contributed by atoms with Crippen molar-refractivity contribution in [3.8, 4) is 0 Å². The Balaban J connectivity index is 2.36. The van der Waals surface area contributed by atoms with Gasteiger partial charge in [0, 0.05) is 51.5 Å². The summed E-state index contributed by atoms with van der Waals surface area (Å²) in [5.74, 6) is 1.69. The van der Waals surface area contributed by atoms with Crippen molar-refractivity contribution >= 4 is 5.82 Å². The first-order valence-corrected chi connectivity index (χ1v) is 7.49. The average molecular weight is 279 g/mol. The maximum atomic E-state index is 5.80. The van der Waals surface area contributed by atoms with E-state index in [1.54, 1.807) is 7.11 Å². The molecule has 0 spiro atoms. The zero-order valence-electron chi connectivity index (χ0n) is 12.7. The van der Waals surface area contributed by atoms with E-state index in [-0.39, 0.29) is 0 Å². The van der Waals surface area contributed by atoms with Crippen molar-refractivity contribution in [1.82, 2.24) is 9.97 Å². The number of rotatable bonds is 6. The van der Waals surface area contributed by atoms with E-state index < -0.39 is 5.60 Å². The third-order valence-electron chi connectivity index (χ3n) is 3.74. The Morgan fingerprint density at radius 2 is 2.05 bits per heavy atom. The molecule has 5 nitrogen and oxygen atoms in total. The van der Waals surface area contributed by atoms with Gasteiger partial charge in [0.2, 0.25) is 0 Å². The van der Waals surface area contributed by atoms with Gasteiger partial charge >= 0.3 is 0 Å². The number of aryl methyl sites for hydroxylation is 1. The number of aromatic nitrogens is 2. The van der Waals surface area contributed by atoms with Crippen molar-refractivity contribution in [3.63, 3.8) is 0 Å². The van der Waals surface area contributed by atoms with Gasteiger partial charge in [-0.3, -0.25) is 0 Å². The maximum Gasteiger partial charge on any atom is 0.163 e. The summed E-state index contributed by atoms with van der Waals surface area (Å²) in [6.45, 7) is 6.49. The van der Waals surface area contributed by atoms with Crippen molar-refractivity contribution < 1.29 is 9.47 Å². The van der Waals surface area contributed by atoms with Crippen LogP contribution >= 0.6 is 0 Å². The van der Waals surface area contributed by atoms with Crippen LogP contribution in [0, 0.1) is 0 Å². The molecule has 2 heterocycles. The van der Waals surface area contributed by atoms with E-state index in [0.717, 1.165) is 49.6 Å². The summed E-state index contributed by atoms with van der Waals surface area (Å²) in [5.41, 5.74) is 0.683. The van der Waals surface area contributed by atoms with Gasteiger partial charge in [-0.15, -0.1) is 0 Å². The largest absolute Gasteiger partial charge is 0.381 e. The minimum absolute atomic E-state index is 0.397. The Hall–Kier alpha value is -1.20. The predicted octanol–water partition coefficient (Wildman–Crippen LogP) is 2.51. The molecule has 112 valence electrons. The fourth-order valence-electron chi connectivity index (χ4n) is 2.58. The van der Waals surface area contributed by atoms with E-state index in [9.17, 15) is 0 Å². The second kappa shape index (κ2) is 6.99. The Morgan fingerprint density at radius 1 is 1.30 bits per heavy atom. The molecule has 1 aliphatic heterocycles. The van der Waals surface area contributed by atoms with Crippen LogP contribution < -0.4 is 5.32 Å². The molecular weight excluding hydrogens is 254 g/mol. The minimum Gasteiger partial charge on any atom is -0.381 e. The van der Waals surface area contributed by atoms with E-state index in [0.29, 0.717) is 13.2 Å². The highest BCUT2D eigenvalue weighted by Gasteiger charge is 2.37. The number of nitrogens with zero attached hydrogens (tertiary/aromatic N) is 2. The molecule has 5 heteroatoms. The van der Waals surface area contributed by atoms with Crippen molar-refractivity contribution in [3.05, 3.63) is 17.6 Å². The van der Waals surface area contributed by atoms with Crippen LogP contribution in [0.1, 0.15) is 44.6 Å². The van der Waals surface area contributed by atoms with E-state index >= 15 is 0 Å².